The molecule has 0 aliphatic rings. The second kappa shape index (κ2) is 10.2. The Hall–Kier alpha value is -2.45. The lowest BCUT2D eigenvalue weighted by molar-refractivity contribution is -0.385. The number of nitro groups is 1. The third kappa shape index (κ3) is 6.31. The standard InChI is InChI=1S/C19H21ClN2O5S/c1-12(2)27-17-7-5-14(9-15(17)20)21-19(23)11-28-10-13-4-6-18(26-3)16(8-13)22(24)25/h4-9,12H,10-11H2,1-3H3,(H,21,23). The number of hydrogen-bond acceptors (Lipinski definition) is 6. The molecular formula is C19H21ClN2O5S. The van der Waals surface area contributed by atoms with Gasteiger partial charge in [-0.25, -0.2) is 0 Å². The average molecular weight is 425 g/mol. The van der Waals surface area contributed by atoms with Gasteiger partial charge in [-0.1, -0.05) is 17.7 Å². The Labute approximate surface area is 172 Å². The second-order valence-corrected chi connectivity index (χ2v) is 7.51. The number of anilines is 1. The molecule has 0 aliphatic heterocycles. The minimum atomic E-state index is -0.490. The number of ether oxygens (including phenoxy) is 2. The zero-order valence-electron chi connectivity index (χ0n) is 15.7. The van der Waals surface area contributed by atoms with Crippen molar-refractivity contribution >= 4 is 40.6 Å². The van der Waals surface area contributed by atoms with Crippen molar-refractivity contribution in [3.05, 3.63) is 57.1 Å². The molecule has 28 heavy (non-hydrogen) atoms. The minimum absolute atomic E-state index is 0.00289. The van der Waals surface area contributed by atoms with Crippen LogP contribution in [0.2, 0.25) is 5.02 Å². The van der Waals surface area contributed by atoms with E-state index >= 15 is 0 Å². The normalized spacial score (nSPS) is 10.6. The van der Waals surface area contributed by atoms with Gasteiger partial charge in [0, 0.05) is 17.5 Å². The van der Waals surface area contributed by atoms with Crippen molar-refractivity contribution in [1.82, 2.24) is 0 Å². The van der Waals surface area contributed by atoms with Gasteiger partial charge in [-0.3, -0.25) is 14.9 Å². The molecule has 7 nitrogen and oxygen atoms in total. The zero-order chi connectivity index (χ0) is 20.7. The van der Waals surface area contributed by atoms with Crippen LogP contribution in [0.1, 0.15) is 19.4 Å². The fourth-order valence-corrected chi connectivity index (χ4v) is 3.35. The molecule has 2 rings (SSSR count). The van der Waals surface area contributed by atoms with E-state index in [0.717, 1.165) is 5.56 Å². The third-order valence-electron chi connectivity index (χ3n) is 3.52. The van der Waals surface area contributed by atoms with Crippen LogP contribution in [0.25, 0.3) is 0 Å². The van der Waals surface area contributed by atoms with E-state index in [4.69, 9.17) is 21.1 Å². The molecule has 0 saturated carbocycles. The summed E-state index contributed by atoms with van der Waals surface area (Å²) in [6.45, 7) is 3.81. The molecule has 2 aromatic carbocycles. The molecule has 0 bridgehead atoms. The number of nitrogens with one attached hydrogen (secondary N) is 1. The largest absolute Gasteiger partial charge is 0.490 e. The molecule has 0 atom stereocenters. The highest BCUT2D eigenvalue weighted by Crippen LogP contribution is 2.30. The van der Waals surface area contributed by atoms with Gasteiger partial charge in [0.05, 0.1) is 28.9 Å². The number of halogens is 1. The summed E-state index contributed by atoms with van der Waals surface area (Å²) in [5, 5.41) is 14.3. The number of thioether (sulfide) groups is 1. The summed E-state index contributed by atoms with van der Waals surface area (Å²) >= 11 is 7.51. The molecule has 0 aromatic heterocycles. The third-order valence-corrected chi connectivity index (χ3v) is 4.82. The number of methoxy groups -OCH3 is 1. The van der Waals surface area contributed by atoms with E-state index in [9.17, 15) is 14.9 Å². The summed E-state index contributed by atoms with van der Waals surface area (Å²) in [6, 6.07) is 9.81. The van der Waals surface area contributed by atoms with Gasteiger partial charge in [-0.05, 0) is 43.7 Å². The molecule has 1 amide bonds. The van der Waals surface area contributed by atoms with Crippen molar-refractivity contribution in [1.29, 1.82) is 0 Å². The number of amides is 1. The fourth-order valence-electron chi connectivity index (χ4n) is 2.35. The first-order valence-corrected chi connectivity index (χ1v) is 9.98. The molecular weight excluding hydrogens is 404 g/mol. The van der Waals surface area contributed by atoms with Gasteiger partial charge in [-0.2, -0.15) is 0 Å². The van der Waals surface area contributed by atoms with Crippen LogP contribution >= 0.6 is 23.4 Å². The molecule has 0 heterocycles. The lowest BCUT2D eigenvalue weighted by atomic mass is 10.2. The van der Waals surface area contributed by atoms with Crippen LogP contribution in [0.15, 0.2) is 36.4 Å². The van der Waals surface area contributed by atoms with Gasteiger partial charge < -0.3 is 14.8 Å². The van der Waals surface area contributed by atoms with Crippen LogP contribution in [0.5, 0.6) is 11.5 Å². The van der Waals surface area contributed by atoms with Crippen molar-refractivity contribution in [2.24, 2.45) is 0 Å². The highest BCUT2D eigenvalue weighted by molar-refractivity contribution is 7.99. The maximum atomic E-state index is 12.1. The highest BCUT2D eigenvalue weighted by atomic mass is 35.5. The average Bonchev–Trinajstić information content (AvgIpc) is 2.63. The Kier molecular flexibility index (Phi) is 7.95. The maximum Gasteiger partial charge on any atom is 0.311 e. The summed E-state index contributed by atoms with van der Waals surface area (Å²) < 4.78 is 10.5. The number of carbonyl (C=O) groups is 1. The molecule has 9 heteroatoms. The molecule has 0 spiro atoms. The lowest BCUT2D eigenvalue weighted by Gasteiger charge is -2.12. The quantitative estimate of drug-likeness (QED) is 0.454. The predicted octanol–water partition coefficient (Wildman–Crippen LogP) is 4.92. The van der Waals surface area contributed by atoms with E-state index < -0.39 is 4.92 Å². The van der Waals surface area contributed by atoms with Crippen molar-refractivity contribution in [3.8, 4) is 11.5 Å². The lowest BCUT2D eigenvalue weighted by Crippen LogP contribution is -2.14. The fraction of sp³-hybridized carbons (Fsp3) is 0.316. The first-order valence-electron chi connectivity index (χ1n) is 8.45. The van der Waals surface area contributed by atoms with Crippen LogP contribution in [0.3, 0.4) is 0 Å². The van der Waals surface area contributed by atoms with E-state index in [2.05, 4.69) is 5.32 Å². The number of hydrogen-bond donors (Lipinski definition) is 1. The van der Waals surface area contributed by atoms with E-state index in [1.54, 1.807) is 30.3 Å². The van der Waals surface area contributed by atoms with E-state index in [1.807, 2.05) is 13.8 Å². The van der Waals surface area contributed by atoms with Crippen molar-refractivity contribution < 1.29 is 19.2 Å². The van der Waals surface area contributed by atoms with Gasteiger partial charge in [0.25, 0.3) is 0 Å². The van der Waals surface area contributed by atoms with Crippen molar-refractivity contribution in [3.63, 3.8) is 0 Å². The Morgan fingerprint density at radius 3 is 2.57 bits per heavy atom. The molecule has 1 N–H and O–H groups in total. The zero-order valence-corrected chi connectivity index (χ0v) is 17.3. The summed E-state index contributed by atoms with van der Waals surface area (Å²) in [7, 11) is 1.38. The summed E-state index contributed by atoms with van der Waals surface area (Å²) in [6.07, 6.45) is 0.00289. The van der Waals surface area contributed by atoms with E-state index in [0.29, 0.717) is 22.2 Å². The predicted molar refractivity (Wildman–Crippen MR) is 112 cm³/mol. The van der Waals surface area contributed by atoms with Gasteiger partial charge in [0.15, 0.2) is 5.75 Å². The Morgan fingerprint density at radius 2 is 1.96 bits per heavy atom. The highest BCUT2D eigenvalue weighted by Gasteiger charge is 2.15. The first kappa shape index (κ1) is 21.8. The summed E-state index contributed by atoms with van der Waals surface area (Å²) in [5.41, 5.74) is 1.22. The Balaban J connectivity index is 1.88. The van der Waals surface area contributed by atoms with Crippen molar-refractivity contribution in [2.45, 2.75) is 25.7 Å². The van der Waals surface area contributed by atoms with Gasteiger partial charge in [-0.15, -0.1) is 11.8 Å². The number of benzene rings is 2. The maximum absolute atomic E-state index is 12.1. The van der Waals surface area contributed by atoms with Crippen molar-refractivity contribution in [2.75, 3.05) is 18.2 Å². The van der Waals surface area contributed by atoms with Crippen LogP contribution in [-0.2, 0) is 10.5 Å². The van der Waals surface area contributed by atoms with Gasteiger partial charge >= 0.3 is 5.69 Å². The number of nitro benzene ring substituents is 1. The molecule has 0 radical (unpaired) electrons. The topological polar surface area (TPSA) is 90.7 Å². The minimum Gasteiger partial charge on any atom is -0.490 e. The molecule has 2 aromatic rings. The second-order valence-electron chi connectivity index (χ2n) is 6.12. The smallest absolute Gasteiger partial charge is 0.311 e. The Bertz CT molecular complexity index is 860. The molecule has 0 saturated heterocycles. The SMILES string of the molecule is COc1ccc(CSCC(=O)Nc2ccc(OC(C)C)c(Cl)c2)cc1[N+](=O)[O-]. The molecule has 0 unspecified atom stereocenters. The van der Waals surface area contributed by atoms with E-state index in [1.165, 1.54) is 24.9 Å². The number of nitrogens with zero attached hydrogens (tertiary/aromatic N) is 1. The van der Waals surface area contributed by atoms with Gasteiger partial charge in [0.1, 0.15) is 5.75 Å². The monoisotopic (exact) mass is 424 g/mol. The number of rotatable bonds is 9. The Morgan fingerprint density at radius 1 is 1.25 bits per heavy atom. The first-order chi connectivity index (χ1) is 13.3. The van der Waals surface area contributed by atoms with E-state index in [-0.39, 0.29) is 29.2 Å². The van der Waals surface area contributed by atoms with Crippen LogP contribution < -0.4 is 14.8 Å². The van der Waals surface area contributed by atoms with Crippen LogP contribution in [-0.4, -0.2) is 29.8 Å². The summed E-state index contributed by atoms with van der Waals surface area (Å²) in [5.74, 6) is 1.23. The van der Waals surface area contributed by atoms with Gasteiger partial charge in [0.2, 0.25) is 5.91 Å². The van der Waals surface area contributed by atoms with Crippen LogP contribution in [0.4, 0.5) is 11.4 Å². The molecule has 0 fully saturated rings. The van der Waals surface area contributed by atoms with Crippen LogP contribution in [0, 0.1) is 10.1 Å². The number of carbonyl (C=O) groups excluding carboxylic acids is 1. The molecule has 0 aliphatic carbocycles. The molecule has 150 valence electrons. The summed E-state index contributed by atoms with van der Waals surface area (Å²) in [4.78, 5) is 22.7.